The summed E-state index contributed by atoms with van der Waals surface area (Å²) in [6.07, 6.45) is -5.88. The van der Waals surface area contributed by atoms with E-state index in [1.807, 2.05) is 5.32 Å². The maximum absolute atomic E-state index is 14.8. The number of anilines is 1. The van der Waals surface area contributed by atoms with Gasteiger partial charge in [-0.25, -0.2) is 18.7 Å². The normalized spacial score (nSPS) is 18.8. The molecule has 4 rings (SSSR count). The van der Waals surface area contributed by atoms with Crippen LogP contribution < -0.4 is 15.6 Å². The molecule has 3 aromatic heterocycles. The van der Waals surface area contributed by atoms with Gasteiger partial charge in [-0.05, 0) is 24.5 Å². The van der Waals surface area contributed by atoms with Crippen LogP contribution in [-0.4, -0.2) is 68.2 Å². The largest absolute Gasteiger partial charge is 0.408 e. The van der Waals surface area contributed by atoms with Crippen LogP contribution in [0.4, 0.5) is 27.8 Å². The molecule has 38 heavy (non-hydrogen) atoms. The fourth-order valence-corrected chi connectivity index (χ4v) is 4.22. The minimum absolute atomic E-state index is 0.00222. The first-order valence-electron chi connectivity index (χ1n) is 11.6. The topological polar surface area (TPSA) is 121 Å². The second-order valence-corrected chi connectivity index (χ2v) is 9.48. The maximum atomic E-state index is 14.8. The van der Waals surface area contributed by atoms with E-state index < -0.39 is 71.1 Å². The van der Waals surface area contributed by atoms with E-state index in [9.17, 15) is 41.8 Å². The average Bonchev–Trinajstić information content (AvgIpc) is 3.16. The van der Waals surface area contributed by atoms with Crippen LogP contribution >= 0.6 is 0 Å². The third-order valence-corrected chi connectivity index (χ3v) is 6.09. The summed E-state index contributed by atoms with van der Waals surface area (Å²) in [5.74, 6) is -4.36. The number of halogens is 5. The number of fused-ring (bicyclic) bond motifs is 1. The summed E-state index contributed by atoms with van der Waals surface area (Å²) < 4.78 is 69.8. The number of carbonyl (C=O) groups excluding carboxylic acids is 1. The molecule has 3 aromatic rings. The lowest BCUT2D eigenvalue weighted by Gasteiger charge is -2.23. The number of carbonyl (C=O) groups is 1. The molecule has 1 aliphatic rings. The molecule has 3 N–H and O–H groups in total. The van der Waals surface area contributed by atoms with E-state index in [0.717, 1.165) is 10.8 Å². The van der Waals surface area contributed by atoms with Crippen molar-refractivity contribution < 1.29 is 37.0 Å². The van der Waals surface area contributed by atoms with Gasteiger partial charge in [-0.1, -0.05) is 13.8 Å². The van der Waals surface area contributed by atoms with Crippen molar-refractivity contribution in [2.24, 2.45) is 5.92 Å². The van der Waals surface area contributed by atoms with Crippen LogP contribution in [0.3, 0.4) is 0 Å². The number of amides is 1. The molecule has 14 heteroatoms. The van der Waals surface area contributed by atoms with E-state index in [4.69, 9.17) is 0 Å². The van der Waals surface area contributed by atoms with Crippen LogP contribution in [0.15, 0.2) is 35.4 Å². The number of hydrogen-bond acceptors (Lipinski definition) is 7. The Kier molecular flexibility index (Phi) is 7.39. The highest BCUT2D eigenvalue weighted by atomic mass is 19.4. The van der Waals surface area contributed by atoms with Crippen molar-refractivity contribution in [2.45, 2.75) is 44.7 Å². The van der Waals surface area contributed by atoms with Gasteiger partial charge in [0.1, 0.15) is 23.2 Å². The second-order valence-electron chi connectivity index (χ2n) is 9.48. The molecule has 4 heterocycles. The van der Waals surface area contributed by atoms with Gasteiger partial charge in [0, 0.05) is 25.4 Å². The summed E-state index contributed by atoms with van der Waals surface area (Å²) >= 11 is 0. The van der Waals surface area contributed by atoms with Crippen LogP contribution in [0.25, 0.3) is 16.9 Å². The predicted molar refractivity (Wildman–Crippen MR) is 126 cm³/mol. The molecule has 1 fully saturated rings. The number of nitrogens with one attached hydrogen (secondary N) is 1. The molecule has 1 aliphatic heterocycles. The number of aromatic nitrogens is 3. The lowest BCUT2D eigenvalue weighted by molar-refractivity contribution is -0.156. The summed E-state index contributed by atoms with van der Waals surface area (Å²) in [7, 11) is 0. The fraction of sp³-hybridized carbons (Fsp3) is 0.417. The molecular formula is C24H24F5N5O4. The summed E-state index contributed by atoms with van der Waals surface area (Å²) in [6, 6.07) is 0.853. The van der Waals surface area contributed by atoms with E-state index in [0.29, 0.717) is 12.3 Å². The Labute approximate surface area is 212 Å². The molecule has 0 aliphatic carbocycles. The third-order valence-electron chi connectivity index (χ3n) is 6.09. The summed E-state index contributed by atoms with van der Waals surface area (Å²) in [5.41, 5.74) is -1.93. The zero-order valence-corrected chi connectivity index (χ0v) is 20.2. The predicted octanol–water partition coefficient (Wildman–Crippen LogP) is 2.31. The Morgan fingerprint density at radius 2 is 1.84 bits per heavy atom. The minimum atomic E-state index is -4.79. The van der Waals surface area contributed by atoms with Gasteiger partial charge in [0.2, 0.25) is 5.43 Å². The van der Waals surface area contributed by atoms with Gasteiger partial charge in [-0.15, -0.1) is 0 Å². The highest BCUT2D eigenvalue weighted by Crippen LogP contribution is 2.27. The van der Waals surface area contributed by atoms with Crippen LogP contribution in [0.2, 0.25) is 0 Å². The zero-order valence-electron chi connectivity index (χ0n) is 20.2. The van der Waals surface area contributed by atoms with Gasteiger partial charge in [0.15, 0.2) is 17.3 Å². The minimum Gasteiger partial charge on any atom is -0.389 e. The van der Waals surface area contributed by atoms with Crippen LogP contribution in [-0.2, 0) is 0 Å². The van der Waals surface area contributed by atoms with Crippen molar-refractivity contribution in [3.8, 4) is 5.82 Å². The summed E-state index contributed by atoms with van der Waals surface area (Å²) in [4.78, 5) is 35.7. The molecule has 0 aromatic carbocycles. The van der Waals surface area contributed by atoms with Gasteiger partial charge in [0.05, 0.1) is 23.8 Å². The van der Waals surface area contributed by atoms with Gasteiger partial charge < -0.3 is 20.4 Å². The number of pyridine rings is 3. The average molecular weight is 541 g/mol. The number of alkyl halides is 3. The Bertz CT molecular complexity index is 1420. The van der Waals surface area contributed by atoms with Crippen LogP contribution in [0, 0.1) is 17.6 Å². The van der Waals surface area contributed by atoms with Crippen molar-refractivity contribution in [1.29, 1.82) is 0 Å². The molecule has 0 bridgehead atoms. The van der Waals surface area contributed by atoms with Crippen molar-refractivity contribution in [2.75, 3.05) is 18.0 Å². The number of aliphatic hydroxyl groups is 2. The SMILES string of the molecule is CC(C)C[C@H](NC(=O)c1cn(-c2ncc(F)cc2F)c2nc(N3C[C@@H](O)[C@H](O)C3)ccc2c1=O)C(F)(F)F. The second kappa shape index (κ2) is 10.3. The highest BCUT2D eigenvalue weighted by Gasteiger charge is 2.41. The molecule has 1 amide bonds. The molecular weight excluding hydrogens is 517 g/mol. The smallest absolute Gasteiger partial charge is 0.389 e. The van der Waals surface area contributed by atoms with Crippen LogP contribution in [0.1, 0.15) is 30.6 Å². The Morgan fingerprint density at radius 1 is 1.18 bits per heavy atom. The highest BCUT2D eigenvalue weighted by molar-refractivity contribution is 5.97. The lowest BCUT2D eigenvalue weighted by atomic mass is 10.0. The number of aliphatic hydroxyl groups excluding tert-OH is 2. The molecule has 0 unspecified atom stereocenters. The molecule has 0 saturated carbocycles. The quantitative estimate of drug-likeness (QED) is 0.410. The standard InChI is InChI=1S/C24H24F5N5O4/c1-11(2)5-18(24(27,28)29)31-23(38)14-8-34(22-15(26)6-12(25)7-30-22)21-13(20(14)37)3-4-19(32-21)33-9-16(35)17(36)10-33/h3-4,6-8,11,16-18,35-36H,5,9-10H2,1-2H3,(H,31,38)/t16-,17-,18+/m1/s1. The molecule has 0 radical (unpaired) electrons. The molecule has 3 atom stereocenters. The first-order chi connectivity index (χ1) is 17.8. The maximum Gasteiger partial charge on any atom is 0.408 e. The van der Waals surface area contributed by atoms with Gasteiger partial charge in [-0.3, -0.25) is 14.2 Å². The van der Waals surface area contributed by atoms with Gasteiger partial charge >= 0.3 is 6.18 Å². The zero-order chi connectivity index (χ0) is 27.9. The summed E-state index contributed by atoms with van der Waals surface area (Å²) in [6.45, 7) is 3.08. The third kappa shape index (κ3) is 5.45. The molecule has 1 saturated heterocycles. The lowest BCUT2D eigenvalue weighted by Crippen LogP contribution is -2.47. The molecule has 204 valence electrons. The fourth-order valence-electron chi connectivity index (χ4n) is 4.22. The van der Waals surface area contributed by atoms with Crippen molar-refractivity contribution in [3.63, 3.8) is 0 Å². The Hall–Kier alpha value is -3.65. The van der Waals surface area contributed by atoms with Crippen molar-refractivity contribution >= 4 is 22.8 Å². The van der Waals surface area contributed by atoms with Crippen molar-refractivity contribution in [3.05, 3.63) is 58.0 Å². The monoisotopic (exact) mass is 541 g/mol. The van der Waals surface area contributed by atoms with Gasteiger partial charge in [-0.2, -0.15) is 13.2 Å². The summed E-state index contributed by atoms with van der Waals surface area (Å²) in [5, 5.41) is 21.3. The molecule has 0 spiro atoms. The number of nitrogens with zero attached hydrogens (tertiary/aromatic N) is 4. The number of β-amino-alcohol motifs (C(OH)–C–C–N with tert-alkyl or cyclic N) is 2. The number of hydrogen-bond donors (Lipinski definition) is 3. The first kappa shape index (κ1) is 27.4. The van der Waals surface area contributed by atoms with E-state index in [-0.39, 0.29) is 29.9 Å². The van der Waals surface area contributed by atoms with E-state index >= 15 is 0 Å². The van der Waals surface area contributed by atoms with Crippen molar-refractivity contribution in [1.82, 2.24) is 19.9 Å². The van der Waals surface area contributed by atoms with E-state index in [1.165, 1.54) is 17.0 Å². The Morgan fingerprint density at radius 3 is 2.42 bits per heavy atom. The van der Waals surface area contributed by atoms with Crippen LogP contribution in [0.5, 0.6) is 0 Å². The number of rotatable bonds is 6. The molecule has 9 nitrogen and oxygen atoms in total. The van der Waals surface area contributed by atoms with Gasteiger partial charge in [0.25, 0.3) is 5.91 Å². The Balaban J connectivity index is 1.88. The first-order valence-corrected chi connectivity index (χ1v) is 11.6. The van der Waals surface area contributed by atoms with E-state index in [1.54, 1.807) is 13.8 Å². The van der Waals surface area contributed by atoms with E-state index in [2.05, 4.69) is 9.97 Å².